The van der Waals surface area contributed by atoms with Crippen molar-refractivity contribution < 1.29 is 8.42 Å². The van der Waals surface area contributed by atoms with Gasteiger partial charge in [0.05, 0.1) is 6.04 Å². The topological polar surface area (TPSA) is 64.7 Å². The average Bonchev–Trinajstić information content (AvgIpc) is 2.93. The first kappa shape index (κ1) is 15.9. The van der Waals surface area contributed by atoms with E-state index in [-0.39, 0.29) is 6.04 Å². The Morgan fingerprint density at radius 3 is 2.70 bits per heavy atom. The summed E-state index contributed by atoms with van der Waals surface area (Å²) < 4.78 is 28.7. The van der Waals surface area contributed by atoms with E-state index in [2.05, 4.69) is 10.0 Å². The van der Waals surface area contributed by atoms with Crippen LogP contribution in [-0.2, 0) is 10.2 Å². The second-order valence-electron chi connectivity index (χ2n) is 5.00. The molecule has 1 fully saturated rings. The number of nitrogens with zero attached hydrogens (tertiary/aromatic N) is 2. The Bertz CT molecular complexity index is 496. The number of nitrogens with one attached hydrogen (secondary N) is 2. The first-order valence-electron chi connectivity index (χ1n) is 6.66. The first-order chi connectivity index (χ1) is 9.50. The minimum atomic E-state index is -3.38. The molecular weight excluding hydrogens is 296 g/mol. The zero-order valence-corrected chi connectivity index (χ0v) is 13.5. The summed E-state index contributed by atoms with van der Waals surface area (Å²) in [6.45, 7) is 2.87. The Morgan fingerprint density at radius 1 is 1.45 bits per heavy atom. The third kappa shape index (κ3) is 4.00. The van der Waals surface area contributed by atoms with Gasteiger partial charge < -0.3 is 10.2 Å². The number of thiophene rings is 1. The molecule has 0 aromatic carbocycles. The van der Waals surface area contributed by atoms with Crippen molar-refractivity contribution in [3.63, 3.8) is 0 Å². The third-order valence-corrected chi connectivity index (χ3v) is 5.92. The molecule has 6 nitrogen and oxygen atoms in total. The van der Waals surface area contributed by atoms with Crippen molar-refractivity contribution in [2.24, 2.45) is 0 Å². The molecule has 2 heterocycles. The lowest BCUT2D eigenvalue weighted by Gasteiger charge is -2.29. The van der Waals surface area contributed by atoms with Gasteiger partial charge in [0, 0.05) is 37.6 Å². The van der Waals surface area contributed by atoms with Gasteiger partial charge in [-0.25, -0.2) is 4.72 Å². The second kappa shape index (κ2) is 6.97. The second-order valence-corrected chi connectivity index (χ2v) is 7.73. The van der Waals surface area contributed by atoms with Crippen LogP contribution in [0.15, 0.2) is 17.5 Å². The molecule has 8 heteroatoms. The lowest BCUT2D eigenvalue weighted by atomic mass is 10.2. The molecule has 0 aliphatic carbocycles. The van der Waals surface area contributed by atoms with Crippen molar-refractivity contribution >= 4 is 21.5 Å². The molecule has 0 radical (unpaired) electrons. The predicted octanol–water partition coefficient (Wildman–Crippen LogP) is 0.0904. The Labute approximate surface area is 125 Å². The third-order valence-electron chi connectivity index (χ3n) is 3.37. The van der Waals surface area contributed by atoms with Gasteiger partial charge in [0.2, 0.25) is 0 Å². The summed E-state index contributed by atoms with van der Waals surface area (Å²) in [4.78, 5) is 3.20. The standard InChI is InChI=1S/C12H22N4O2S2/c1-15(2)11(12-4-3-9-19-12)10-14-20(17,18)16-7-5-13-6-8-16/h3-4,9,11,13-14H,5-8,10H2,1-2H3. The van der Waals surface area contributed by atoms with Crippen molar-refractivity contribution in [3.05, 3.63) is 22.4 Å². The maximum absolute atomic E-state index is 12.3. The van der Waals surface area contributed by atoms with Crippen LogP contribution in [0.4, 0.5) is 0 Å². The van der Waals surface area contributed by atoms with Gasteiger partial charge in [-0.05, 0) is 25.5 Å². The summed E-state index contributed by atoms with van der Waals surface area (Å²) >= 11 is 1.65. The first-order valence-corrected chi connectivity index (χ1v) is 8.98. The van der Waals surface area contributed by atoms with Crippen molar-refractivity contribution in [2.45, 2.75) is 6.04 Å². The average molecular weight is 318 g/mol. The van der Waals surface area contributed by atoms with Gasteiger partial charge in [-0.3, -0.25) is 0 Å². The van der Waals surface area contributed by atoms with Gasteiger partial charge in [0.1, 0.15) is 0 Å². The van der Waals surface area contributed by atoms with Gasteiger partial charge in [0.15, 0.2) is 0 Å². The molecule has 0 amide bonds. The van der Waals surface area contributed by atoms with Gasteiger partial charge in [0.25, 0.3) is 10.2 Å². The number of hydrogen-bond donors (Lipinski definition) is 2. The van der Waals surface area contributed by atoms with Gasteiger partial charge in [-0.1, -0.05) is 6.07 Å². The zero-order valence-electron chi connectivity index (χ0n) is 11.9. The monoisotopic (exact) mass is 318 g/mol. The molecule has 1 aromatic rings. The van der Waals surface area contributed by atoms with E-state index in [0.29, 0.717) is 32.7 Å². The molecule has 0 spiro atoms. The minimum Gasteiger partial charge on any atom is -0.314 e. The van der Waals surface area contributed by atoms with E-state index in [1.54, 1.807) is 11.3 Å². The van der Waals surface area contributed by atoms with Gasteiger partial charge in [-0.2, -0.15) is 12.7 Å². The van der Waals surface area contributed by atoms with Crippen LogP contribution in [0, 0.1) is 0 Å². The summed E-state index contributed by atoms with van der Waals surface area (Å²) in [6.07, 6.45) is 0. The van der Waals surface area contributed by atoms with Crippen molar-refractivity contribution in [1.29, 1.82) is 0 Å². The fourth-order valence-electron chi connectivity index (χ4n) is 2.18. The predicted molar refractivity (Wildman–Crippen MR) is 82.1 cm³/mol. The van der Waals surface area contributed by atoms with Crippen LogP contribution >= 0.6 is 11.3 Å². The van der Waals surface area contributed by atoms with Gasteiger partial charge >= 0.3 is 0 Å². The highest BCUT2D eigenvalue weighted by atomic mass is 32.2. The van der Waals surface area contributed by atoms with Crippen LogP contribution in [0.3, 0.4) is 0 Å². The van der Waals surface area contributed by atoms with Crippen LogP contribution in [0.2, 0.25) is 0 Å². The number of hydrogen-bond acceptors (Lipinski definition) is 5. The largest absolute Gasteiger partial charge is 0.314 e. The fourth-order valence-corrected chi connectivity index (χ4v) is 4.32. The molecule has 1 aromatic heterocycles. The maximum atomic E-state index is 12.3. The molecule has 0 bridgehead atoms. The molecule has 1 aliphatic rings. The molecule has 1 aliphatic heterocycles. The Balaban J connectivity index is 1.98. The number of likely N-dealkylation sites (N-methyl/N-ethyl adjacent to an activating group) is 1. The molecule has 0 saturated carbocycles. The van der Waals surface area contributed by atoms with Crippen molar-refractivity contribution in [1.82, 2.24) is 19.2 Å². The van der Waals surface area contributed by atoms with E-state index in [9.17, 15) is 8.42 Å². The SMILES string of the molecule is CN(C)C(CNS(=O)(=O)N1CCNCC1)c1cccs1. The van der Waals surface area contributed by atoms with E-state index in [1.807, 2.05) is 36.5 Å². The highest BCUT2D eigenvalue weighted by molar-refractivity contribution is 7.87. The lowest BCUT2D eigenvalue weighted by Crippen LogP contribution is -2.51. The molecule has 114 valence electrons. The van der Waals surface area contributed by atoms with Crippen molar-refractivity contribution in [2.75, 3.05) is 46.8 Å². The fraction of sp³-hybridized carbons (Fsp3) is 0.667. The molecule has 1 atom stereocenters. The molecule has 20 heavy (non-hydrogen) atoms. The summed E-state index contributed by atoms with van der Waals surface area (Å²) in [5.41, 5.74) is 0. The molecule has 1 saturated heterocycles. The van der Waals surface area contributed by atoms with Crippen LogP contribution in [0.25, 0.3) is 0 Å². The van der Waals surface area contributed by atoms with Crippen LogP contribution in [-0.4, -0.2) is 64.4 Å². The normalized spacial score (nSPS) is 19.4. The lowest BCUT2D eigenvalue weighted by molar-refractivity contribution is 0.298. The van der Waals surface area contributed by atoms with Crippen molar-refractivity contribution in [3.8, 4) is 0 Å². The smallest absolute Gasteiger partial charge is 0.279 e. The van der Waals surface area contributed by atoms with Gasteiger partial charge in [-0.15, -0.1) is 11.3 Å². The summed E-state index contributed by atoms with van der Waals surface area (Å²) in [5.74, 6) is 0. The highest BCUT2D eigenvalue weighted by Gasteiger charge is 2.25. The molecule has 2 N–H and O–H groups in total. The summed E-state index contributed by atoms with van der Waals surface area (Å²) in [7, 11) is 0.542. The Kier molecular flexibility index (Phi) is 5.53. The summed E-state index contributed by atoms with van der Waals surface area (Å²) in [6, 6.07) is 4.09. The quantitative estimate of drug-likeness (QED) is 0.780. The molecular formula is C12H22N4O2S2. The number of rotatable bonds is 6. The maximum Gasteiger partial charge on any atom is 0.279 e. The molecule has 1 unspecified atom stereocenters. The van der Waals surface area contributed by atoms with E-state index in [0.717, 1.165) is 4.88 Å². The Morgan fingerprint density at radius 2 is 2.15 bits per heavy atom. The minimum absolute atomic E-state index is 0.0627. The zero-order chi connectivity index (χ0) is 14.6. The van der Waals surface area contributed by atoms with Crippen LogP contribution < -0.4 is 10.0 Å². The summed E-state index contributed by atoms with van der Waals surface area (Å²) in [5, 5.41) is 5.16. The van der Waals surface area contributed by atoms with E-state index < -0.39 is 10.2 Å². The van der Waals surface area contributed by atoms with Crippen LogP contribution in [0.5, 0.6) is 0 Å². The van der Waals surface area contributed by atoms with E-state index >= 15 is 0 Å². The number of piperazine rings is 1. The van der Waals surface area contributed by atoms with E-state index in [4.69, 9.17) is 0 Å². The van der Waals surface area contributed by atoms with E-state index in [1.165, 1.54) is 4.31 Å². The highest BCUT2D eigenvalue weighted by Crippen LogP contribution is 2.22. The molecule has 2 rings (SSSR count). The Hall–Kier alpha value is -0.510. The van der Waals surface area contributed by atoms with Crippen LogP contribution in [0.1, 0.15) is 10.9 Å².